The number of para-hydroxylation sites is 1. The standard InChI is InChI=1S/C16H19N5O/c1-2-13-12-5-3-4-6-14(12)21(19-13)16-18-15(22-20-16)11-7-9-17-10-8-11/h3-6,11,17H,2,7-10H2,1H3. The molecule has 2 aromatic heterocycles. The molecule has 0 amide bonds. The maximum absolute atomic E-state index is 5.50. The minimum atomic E-state index is 0.356. The molecule has 0 saturated carbocycles. The fourth-order valence-electron chi connectivity index (χ4n) is 3.09. The third-order valence-corrected chi connectivity index (χ3v) is 4.31. The number of benzene rings is 1. The van der Waals surface area contributed by atoms with Crippen LogP contribution in [-0.4, -0.2) is 33.0 Å². The third kappa shape index (κ3) is 2.20. The Bertz CT molecular complexity index is 785. The first-order valence-electron chi connectivity index (χ1n) is 7.88. The van der Waals surface area contributed by atoms with Gasteiger partial charge in [-0.2, -0.15) is 14.8 Å². The number of hydrogen-bond acceptors (Lipinski definition) is 5. The lowest BCUT2D eigenvalue weighted by Crippen LogP contribution is -2.26. The molecule has 0 unspecified atom stereocenters. The molecule has 4 rings (SSSR count). The number of nitrogens with one attached hydrogen (secondary N) is 1. The highest BCUT2D eigenvalue weighted by Crippen LogP contribution is 2.26. The van der Waals surface area contributed by atoms with E-state index in [0.29, 0.717) is 11.9 Å². The molecule has 1 N–H and O–H groups in total. The van der Waals surface area contributed by atoms with E-state index in [1.807, 2.05) is 18.2 Å². The zero-order valence-electron chi connectivity index (χ0n) is 12.6. The van der Waals surface area contributed by atoms with Crippen molar-refractivity contribution in [3.05, 3.63) is 35.9 Å². The van der Waals surface area contributed by atoms with Gasteiger partial charge in [0.05, 0.1) is 11.2 Å². The summed E-state index contributed by atoms with van der Waals surface area (Å²) in [5, 5.41) is 13.3. The van der Waals surface area contributed by atoms with Crippen LogP contribution in [0.3, 0.4) is 0 Å². The lowest BCUT2D eigenvalue weighted by molar-refractivity contribution is 0.319. The van der Waals surface area contributed by atoms with E-state index in [9.17, 15) is 0 Å². The van der Waals surface area contributed by atoms with Crippen LogP contribution >= 0.6 is 0 Å². The van der Waals surface area contributed by atoms with Crippen LogP contribution in [0.5, 0.6) is 0 Å². The molecule has 1 aromatic carbocycles. The normalized spacial score (nSPS) is 16.4. The highest BCUT2D eigenvalue weighted by Gasteiger charge is 2.23. The van der Waals surface area contributed by atoms with Gasteiger partial charge in [0.2, 0.25) is 5.89 Å². The van der Waals surface area contributed by atoms with Crippen molar-refractivity contribution >= 4 is 10.9 Å². The van der Waals surface area contributed by atoms with Crippen molar-refractivity contribution in [2.75, 3.05) is 13.1 Å². The Balaban J connectivity index is 1.74. The van der Waals surface area contributed by atoms with Gasteiger partial charge in [0.1, 0.15) is 0 Å². The maximum Gasteiger partial charge on any atom is 0.291 e. The number of piperidine rings is 1. The SMILES string of the molecule is CCc1nn(-c2noc(C3CCNCC3)n2)c2ccccc12. The van der Waals surface area contributed by atoms with Gasteiger partial charge in [-0.05, 0) is 43.6 Å². The predicted octanol–water partition coefficient (Wildman–Crippen LogP) is 2.44. The molecular weight excluding hydrogens is 278 g/mol. The minimum absolute atomic E-state index is 0.356. The zero-order valence-corrected chi connectivity index (χ0v) is 12.6. The molecule has 0 aliphatic carbocycles. The van der Waals surface area contributed by atoms with Gasteiger partial charge in [-0.3, -0.25) is 0 Å². The van der Waals surface area contributed by atoms with Crippen molar-refractivity contribution < 1.29 is 4.52 Å². The second kappa shape index (κ2) is 5.53. The maximum atomic E-state index is 5.50. The first-order chi connectivity index (χ1) is 10.9. The Hall–Kier alpha value is -2.21. The molecule has 22 heavy (non-hydrogen) atoms. The van der Waals surface area contributed by atoms with Gasteiger partial charge in [0, 0.05) is 11.3 Å². The van der Waals surface area contributed by atoms with Gasteiger partial charge in [0.25, 0.3) is 5.95 Å². The van der Waals surface area contributed by atoms with Crippen LogP contribution in [-0.2, 0) is 6.42 Å². The van der Waals surface area contributed by atoms with Crippen LogP contribution in [0.15, 0.2) is 28.8 Å². The number of hydrogen-bond donors (Lipinski definition) is 1. The summed E-state index contributed by atoms with van der Waals surface area (Å²) in [5.41, 5.74) is 2.08. The molecule has 6 nitrogen and oxygen atoms in total. The van der Waals surface area contributed by atoms with Crippen molar-refractivity contribution in [1.82, 2.24) is 25.2 Å². The van der Waals surface area contributed by atoms with Gasteiger partial charge >= 0.3 is 0 Å². The molecular formula is C16H19N5O. The van der Waals surface area contributed by atoms with Crippen LogP contribution in [0.25, 0.3) is 16.9 Å². The zero-order chi connectivity index (χ0) is 14.9. The molecule has 1 aliphatic rings. The number of fused-ring (bicyclic) bond motifs is 1. The fraction of sp³-hybridized carbons (Fsp3) is 0.438. The molecule has 0 radical (unpaired) electrons. The van der Waals surface area contributed by atoms with Crippen LogP contribution in [0.1, 0.15) is 37.3 Å². The Kier molecular flexibility index (Phi) is 3.38. The van der Waals surface area contributed by atoms with Crippen molar-refractivity contribution in [2.24, 2.45) is 0 Å². The second-order valence-electron chi connectivity index (χ2n) is 5.69. The molecule has 0 spiro atoms. The quantitative estimate of drug-likeness (QED) is 0.804. The summed E-state index contributed by atoms with van der Waals surface area (Å²) in [6.07, 6.45) is 2.97. The molecule has 1 aliphatic heterocycles. The number of aromatic nitrogens is 4. The van der Waals surface area contributed by atoms with Gasteiger partial charge in [-0.15, -0.1) is 0 Å². The summed E-state index contributed by atoms with van der Waals surface area (Å²) in [6, 6.07) is 8.17. The van der Waals surface area contributed by atoms with E-state index in [1.165, 1.54) is 0 Å². The lowest BCUT2D eigenvalue weighted by atomic mass is 9.98. The van der Waals surface area contributed by atoms with Crippen LogP contribution in [0.4, 0.5) is 0 Å². The lowest BCUT2D eigenvalue weighted by Gasteiger charge is -2.18. The topological polar surface area (TPSA) is 68.8 Å². The molecule has 114 valence electrons. The van der Waals surface area contributed by atoms with Gasteiger partial charge in [0.15, 0.2) is 0 Å². The largest absolute Gasteiger partial charge is 0.337 e. The van der Waals surface area contributed by atoms with Crippen LogP contribution in [0.2, 0.25) is 0 Å². The molecule has 0 bridgehead atoms. The predicted molar refractivity (Wildman–Crippen MR) is 83.1 cm³/mol. The molecule has 3 aromatic rings. The van der Waals surface area contributed by atoms with Gasteiger partial charge < -0.3 is 9.84 Å². The summed E-state index contributed by atoms with van der Waals surface area (Å²) in [6.45, 7) is 4.12. The Morgan fingerprint density at radius 1 is 1.27 bits per heavy atom. The Morgan fingerprint density at radius 2 is 2.09 bits per heavy atom. The summed E-state index contributed by atoms with van der Waals surface area (Å²) in [7, 11) is 0. The summed E-state index contributed by atoms with van der Waals surface area (Å²) < 4.78 is 7.29. The average molecular weight is 297 g/mol. The second-order valence-corrected chi connectivity index (χ2v) is 5.69. The van der Waals surface area contributed by atoms with E-state index >= 15 is 0 Å². The molecule has 3 heterocycles. The number of aryl methyl sites for hydroxylation is 1. The van der Waals surface area contributed by atoms with Crippen molar-refractivity contribution in [2.45, 2.75) is 32.1 Å². The first kappa shape index (κ1) is 13.5. The number of rotatable bonds is 3. The van der Waals surface area contributed by atoms with Crippen molar-refractivity contribution in [1.29, 1.82) is 0 Å². The monoisotopic (exact) mass is 297 g/mol. The van der Waals surface area contributed by atoms with E-state index in [2.05, 4.69) is 33.5 Å². The van der Waals surface area contributed by atoms with Gasteiger partial charge in [-0.1, -0.05) is 25.1 Å². The van der Waals surface area contributed by atoms with E-state index in [4.69, 9.17) is 4.52 Å². The van der Waals surface area contributed by atoms with Crippen LogP contribution < -0.4 is 5.32 Å². The Morgan fingerprint density at radius 3 is 2.91 bits per heavy atom. The smallest absolute Gasteiger partial charge is 0.291 e. The summed E-state index contributed by atoms with van der Waals surface area (Å²) >= 11 is 0. The molecule has 0 atom stereocenters. The summed E-state index contributed by atoms with van der Waals surface area (Å²) in [4.78, 5) is 4.60. The van der Waals surface area contributed by atoms with E-state index in [-0.39, 0.29) is 0 Å². The van der Waals surface area contributed by atoms with E-state index in [0.717, 1.165) is 54.8 Å². The van der Waals surface area contributed by atoms with Crippen molar-refractivity contribution in [3.63, 3.8) is 0 Å². The van der Waals surface area contributed by atoms with Gasteiger partial charge in [-0.25, -0.2) is 0 Å². The first-order valence-corrected chi connectivity index (χ1v) is 7.88. The molecule has 1 saturated heterocycles. The Labute approximate surface area is 128 Å². The molecule has 1 fully saturated rings. The molecule has 6 heteroatoms. The number of nitrogens with zero attached hydrogens (tertiary/aromatic N) is 4. The van der Waals surface area contributed by atoms with E-state index < -0.39 is 0 Å². The van der Waals surface area contributed by atoms with Crippen molar-refractivity contribution in [3.8, 4) is 5.95 Å². The fourth-order valence-corrected chi connectivity index (χ4v) is 3.09. The highest BCUT2D eigenvalue weighted by atomic mass is 16.5. The third-order valence-electron chi connectivity index (χ3n) is 4.31. The van der Waals surface area contributed by atoms with Crippen LogP contribution in [0, 0.1) is 0 Å². The minimum Gasteiger partial charge on any atom is -0.337 e. The summed E-state index contributed by atoms with van der Waals surface area (Å²) in [5.74, 6) is 1.62. The highest BCUT2D eigenvalue weighted by molar-refractivity contribution is 5.83. The average Bonchev–Trinajstić information content (AvgIpc) is 3.20. The van der Waals surface area contributed by atoms with E-state index in [1.54, 1.807) is 4.68 Å².